The van der Waals surface area contributed by atoms with Gasteiger partial charge >= 0.3 is 0 Å². The van der Waals surface area contributed by atoms with Gasteiger partial charge in [0.1, 0.15) is 6.61 Å². The van der Waals surface area contributed by atoms with E-state index in [9.17, 15) is 4.79 Å². The van der Waals surface area contributed by atoms with Crippen molar-refractivity contribution in [2.24, 2.45) is 0 Å². The van der Waals surface area contributed by atoms with Gasteiger partial charge in [0, 0.05) is 25.8 Å². The molecule has 0 aromatic carbocycles. The maximum atomic E-state index is 11.8. The van der Waals surface area contributed by atoms with E-state index >= 15 is 0 Å². The van der Waals surface area contributed by atoms with Crippen LogP contribution in [-0.4, -0.2) is 35.9 Å². The molecule has 1 aromatic rings. The Balaban J connectivity index is 2.55. The van der Waals surface area contributed by atoms with Crippen molar-refractivity contribution in [2.45, 2.75) is 32.4 Å². The summed E-state index contributed by atoms with van der Waals surface area (Å²) in [6, 6.07) is 1.50. The summed E-state index contributed by atoms with van der Waals surface area (Å²) in [5.41, 5.74) is 0.230. The maximum Gasteiger partial charge on any atom is 0.273 e. The molecular formula is C11H18N2O4. The van der Waals surface area contributed by atoms with Gasteiger partial charge in [0.2, 0.25) is 0 Å². The SMILES string of the molecule is CCC(CCO)NC(=O)c1cc(COC)on1. The number of ether oxygens (including phenoxy) is 1. The van der Waals surface area contributed by atoms with Gasteiger partial charge in [-0.15, -0.1) is 0 Å². The monoisotopic (exact) mass is 242 g/mol. The zero-order chi connectivity index (χ0) is 12.7. The van der Waals surface area contributed by atoms with Crippen LogP contribution in [-0.2, 0) is 11.3 Å². The Bertz CT molecular complexity index is 351. The predicted octanol–water partition coefficient (Wildman–Crippen LogP) is 0.712. The Morgan fingerprint density at radius 2 is 2.47 bits per heavy atom. The standard InChI is InChI=1S/C11H18N2O4/c1-3-8(4-5-14)12-11(15)10-6-9(7-16-2)17-13-10/h6,8,14H,3-5,7H2,1-2H3,(H,12,15). The number of nitrogens with one attached hydrogen (secondary N) is 1. The second kappa shape index (κ2) is 7.03. The van der Waals surface area contributed by atoms with E-state index in [0.717, 1.165) is 6.42 Å². The lowest BCUT2D eigenvalue weighted by Gasteiger charge is -2.14. The number of amides is 1. The highest BCUT2D eigenvalue weighted by Gasteiger charge is 2.15. The van der Waals surface area contributed by atoms with Gasteiger partial charge in [-0.25, -0.2) is 0 Å². The quantitative estimate of drug-likeness (QED) is 0.735. The molecule has 0 aliphatic heterocycles. The summed E-state index contributed by atoms with van der Waals surface area (Å²) in [6.45, 7) is 2.28. The molecule has 0 radical (unpaired) electrons. The molecule has 96 valence electrons. The molecule has 1 aromatic heterocycles. The van der Waals surface area contributed by atoms with Crippen molar-refractivity contribution in [3.05, 3.63) is 17.5 Å². The zero-order valence-corrected chi connectivity index (χ0v) is 10.1. The minimum atomic E-state index is -0.295. The highest BCUT2D eigenvalue weighted by Crippen LogP contribution is 2.06. The van der Waals surface area contributed by atoms with Gasteiger partial charge in [0.05, 0.1) is 0 Å². The molecule has 1 amide bonds. The van der Waals surface area contributed by atoms with E-state index in [2.05, 4.69) is 10.5 Å². The molecule has 6 nitrogen and oxygen atoms in total. The van der Waals surface area contributed by atoms with Crippen molar-refractivity contribution < 1.29 is 19.2 Å². The number of nitrogens with zero attached hydrogens (tertiary/aromatic N) is 1. The van der Waals surface area contributed by atoms with Gasteiger partial charge in [-0.2, -0.15) is 0 Å². The molecule has 0 saturated carbocycles. The summed E-state index contributed by atoms with van der Waals surface area (Å²) < 4.78 is 9.78. The molecule has 17 heavy (non-hydrogen) atoms. The minimum absolute atomic E-state index is 0.0462. The number of methoxy groups -OCH3 is 1. The van der Waals surface area contributed by atoms with E-state index in [1.165, 1.54) is 7.11 Å². The van der Waals surface area contributed by atoms with E-state index in [4.69, 9.17) is 14.4 Å². The van der Waals surface area contributed by atoms with Crippen LogP contribution in [0.15, 0.2) is 10.6 Å². The summed E-state index contributed by atoms with van der Waals surface area (Å²) in [5.74, 6) is 0.212. The third kappa shape index (κ3) is 4.16. The Labute approximate surface area is 99.9 Å². The molecule has 1 heterocycles. The van der Waals surface area contributed by atoms with Gasteiger partial charge in [0.15, 0.2) is 11.5 Å². The van der Waals surface area contributed by atoms with E-state index in [-0.39, 0.29) is 30.9 Å². The fourth-order valence-electron chi connectivity index (χ4n) is 1.42. The average Bonchev–Trinajstić information content (AvgIpc) is 2.77. The predicted molar refractivity (Wildman–Crippen MR) is 60.5 cm³/mol. The first-order chi connectivity index (χ1) is 8.21. The topological polar surface area (TPSA) is 84.6 Å². The van der Waals surface area contributed by atoms with Crippen LogP contribution in [0.5, 0.6) is 0 Å². The highest BCUT2D eigenvalue weighted by molar-refractivity contribution is 5.92. The average molecular weight is 242 g/mol. The Morgan fingerprint density at radius 3 is 3.06 bits per heavy atom. The minimum Gasteiger partial charge on any atom is -0.396 e. The molecule has 0 aliphatic rings. The maximum absolute atomic E-state index is 11.8. The summed E-state index contributed by atoms with van der Waals surface area (Å²) in [5, 5.41) is 15.3. The molecule has 0 bridgehead atoms. The van der Waals surface area contributed by atoms with Crippen molar-refractivity contribution in [2.75, 3.05) is 13.7 Å². The second-order valence-electron chi connectivity index (χ2n) is 3.70. The first-order valence-electron chi connectivity index (χ1n) is 5.57. The Kier molecular flexibility index (Phi) is 5.65. The molecule has 1 rings (SSSR count). The van der Waals surface area contributed by atoms with Crippen molar-refractivity contribution in [1.29, 1.82) is 0 Å². The fourth-order valence-corrected chi connectivity index (χ4v) is 1.42. The highest BCUT2D eigenvalue weighted by atomic mass is 16.5. The molecule has 0 aliphatic carbocycles. The Morgan fingerprint density at radius 1 is 1.71 bits per heavy atom. The first kappa shape index (κ1) is 13.7. The number of hydrogen-bond donors (Lipinski definition) is 2. The summed E-state index contributed by atoms with van der Waals surface area (Å²) >= 11 is 0. The molecule has 0 spiro atoms. The molecule has 0 fully saturated rings. The van der Waals surface area contributed by atoms with Gasteiger partial charge in [-0.3, -0.25) is 4.79 Å². The number of aromatic nitrogens is 1. The van der Waals surface area contributed by atoms with Gasteiger partial charge < -0.3 is 19.7 Å². The van der Waals surface area contributed by atoms with Crippen LogP contribution in [0.1, 0.15) is 36.0 Å². The van der Waals surface area contributed by atoms with Crippen LogP contribution in [0.25, 0.3) is 0 Å². The molecular weight excluding hydrogens is 224 g/mol. The van der Waals surface area contributed by atoms with Crippen LogP contribution in [0.3, 0.4) is 0 Å². The normalized spacial score (nSPS) is 12.4. The Hall–Kier alpha value is -1.40. The van der Waals surface area contributed by atoms with Crippen LogP contribution in [0.4, 0.5) is 0 Å². The van der Waals surface area contributed by atoms with Gasteiger partial charge in [-0.05, 0) is 12.8 Å². The van der Waals surface area contributed by atoms with Crippen LogP contribution < -0.4 is 5.32 Å². The third-order valence-electron chi connectivity index (χ3n) is 2.38. The van der Waals surface area contributed by atoms with Crippen LogP contribution in [0, 0.1) is 0 Å². The third-order valence-corrected chi connectivity index (χ3v) is 2.38. The lowest BCUT2D eigenvalue weighted by Crippen LogP contribution is -2.35. The van der Waals surface area contributed by atoms with E-state index < -0.39 is 0 Å². The van der Waals surface area contributed by atoms with Gasteiger partial charge in [0.25, 0.3) is 5.91 Å². The van der Waals surface area contributed by atoms with Crippen LogP contribution in [0.2, 0.25) is 0 Å². The van der Waals surface area contributed by atoms with E-state index in [1.807, 2.05) is 6.92 Å². The van der Waals surface area contributed by atoms with E-state index in [1.54, 1.807) is 6.07 Å². The number of carbonyl (C=O) groups is 1. The number of aliphatic hydroxyl groups excluding tert-OH is 1. The summed E-state index contributed by atoms with van der Waals surface area (Å²) in [7, 11) is 1.54. The smallest absolute Gasteiger partial charge is 0.273 e. The number of aliphatic hydroxyl groups is 1. The van der Waals surface area contributed by atoms with Crippen molar-refractivity contribution >= 4 is 5.91 Å². The van der Waals surface area contributed by atoms with Crippen molar-refractivity contribution in [3.63, 3.8) is 0 Å². The molecule has 1 unspecified atom stereocenters. The molecule has 1 atom stereocenters. The van der Waals surface area contributed by atoms with E-state index in [0.29, 0.717) is 12.2 Å². The lowest BCUT2D eigenvalue weighted by molar-refractivity contribution is 0.0919. The number of carbonyl (C=O) groups excluding carboxylic acids is 1. The van der Waals surface area contributed by atoms with Gasteiger partial charge in [-0.1, -0.05) is 12.1 Å². The van der Waals surface area contributed by atoms with Crippen molar-refractivity contribution in [3.8, 4) is 0 Å². The number of hydrogen-bond acceptors (Lipinski definition) is 5. The van der Waals surface area contributed by atoms with Crippen LogP contribution >= 0.6 is 0 Å². The first-order valence-corrected chi connectivity index (χ1v) is 5.57. The fraction of sp³-hybridized carbons (Fsp3) is 0.636. The van der Waals surface area contributed by atoms with Crippen molar-refractivity contribution in [1.82, 2.24) is 10.5 Å². The largest absolute Gasteiger partial charge is 0.396 e. The lowest BCUT2D eigenvalue weighted by atomic mass is 10.1. The number of rotatable bonds is 7. The molecule has 6 heteroatoms. The second-order valence-corrected chi connectivity index (χ2v) is 3.70. The summed E-state index contributed by atoms with van der Waals surface area (Å²) in [4.78, 5) is 11.8. The molecule has 2 N–H and O–H groups in total. The zero-order valence-electron chi connectivity index (χ0n) is 10.1. The molecule has 0 saturated heterocycles. The summed E-state index contributed by atoms with van der Waals surface area (Å²) in [6.07, 6.45) is 1.29.